The molecule has 0 spiro atoms. The number of rotatable bonds is 5. The lowest BCUT2D eigenvalue weighted by atomic mass is 10.2. The predicted molar refractivity (Wildman–Crippen MR) is 118 cm³/mol. The fourth-order valence-electron chi connectivity index (χ4n) is 2.97. The molecule has 1 aromatic carbocycles. The number of aromatic amines is 1. The van der Waals surface area contributed by atoms with Gasteiger partial charge in [-0.2, -0.15) is 0 Å². The summed E-state index contributed by atoms with van der Waals surface area (Å²) in [6.45, 7) is 0. The van der Waals surface area contributed by atoms with Crippen molar-refractivity contribution in [3.63, 3.8) is 0 Å². The minimum Gasteiger partial charge on any atom is -0.438 e. The Labute approximate surface area is 184 Å². The monoisotopic (exact) mass is 447 g/mol. The van der Waals surface area contributed by atoms with E-state index in [2.05, 4.69) is 35.6 Å². The van der Waals surface area contributed by atoms with Gasteiger partial charge < -0.3 is 15.0 Å². The van der Waals surface area contributed by atoms with Gasteiger partial charge in [0.2, 0.25) is 5.88 Å². The number of halogens is 1. The van der Waals surface area contributed by atoms with E-state index in [1.165, 1.54) is 35.9 Å². The highest BCUT2D eigenvalue weighted by atomic mass is 32.1. The lowest BCUT2D eigenvalue weighted by molar-refractivity contribution is 0.262. The Morgan fingerprint density at radius 2 is 1.97 bits per heavy atom. The van der Waals surface area contributed by atoms with Crippen LogP contribution in [0.15, 0.2) is 66.6 Å². The summed E-state index contributed by atoms with van der Waals surface area (Å²) >= 11 is 1.26. The number of carbonyl (C=O) groups excluding carboxylic acids is 1. The first-order chi connectivity index (χ1) is 15.7. The van der Waals surface area contributed by atoms with Crippen LogP contribution in [0.3, 0.4) is 0 Å². The molecule has 158 valence electrons. The molecule has 0 unspecified atom stereocenters. The van der Waals surface area contributed by atoms with Crippen molar-refractivity contribution in [1.82, 2.24) is 24.9 Å². The van der Waals surface area contributed by atoms with E-state index < -0.39 is 11.8 Å². The van der Waals surface area contributed by atoms with E-state index in [4.69, 9.17) is 4.74 Å². The van der Waals surface area contributed by atoms with Crippen LogP contribution in [-0.2, 0) is 0 Å². The summed E-state index contributed by atoms with van der Waals surface area (Å²) in [5, 5.41) is 7.71. The zero-order valence-corrected chi connectivity index (χ0v) is 17.1. The second-order valence-electron chi connectivity index (χ2n) is 6.50. The number of hydrogen-bond acceptors (Lipinski definition) is 7. The summed E-state index contributed by atoms with van der Waals surface area (Å²) in [6.07, 6.45) is 4.60. The Kier molecular flexibility index (Phi) is 5.14. The number of nitrogens with one attached hydrogen (secondary N) is 3. The topological polar surface area (TPSA) is 118 Å². The van der Waals surface area contributed by atoms with E-state index in [1.807, 2.05) is 24.3 Å². The second kappa shape index (κ2) is 8.40. The Balaban J connectivity index is 1.35. The molecule has 0 fully saturated rings. The van der Waals surface area contributed by atoms with Gasteiger partial charge in [-0.1, -0.05) is 6.07 Å². The summed E-state index contributed by atoms with van der Waals surface area (Å²) in [6, 6.07) is 10.9. The van der Waals surface area contributed by atoms with Gasteiger partial charge >= 0.3 is 6.03 Å². The molecule has 5 aromatic rings. The summed E-state index contributed by atoms with van der Waals surface area (Å²) in [5.74, 6) is -0.186. The molecular weight excluding hydrogens is 433 g/mol. The Morgan fingerprint density at radius 1 is 1.03 bits per heavy atom. The van der Waals surface area contributed by atoms with Crippen LogP contribution in [0.25, 0.3) is 22.4 Å². The quantitative estimate of drug-likeness (QED) is 0.347. The van der Waals surface area contributed by atoms with Gasteiger partial charge in [0, 0.05) is 23.8 Å². The number of pyridine rings is 1. The van der Waals surface area contributed by atoms with E-state index in [1.54, 1.807) is 17.8 Å². The minimum atomic E-state index is -0.662. The number of amides is 2. The van der Waals surface area contributed by atoms with Gasteiger partial charge in [0.05, 0.1) is 22.5 Å². The standard InChI is InChI=1S/C21H14FN7O2S/c22-14-9-12(4-5-15(14)28-20(30)29-21-24-7-8-32-21)31-19-13-10-17(16-3-1-2-6-23-16)27-18(13)25-11-26-19/h1-11H,(H,25,26,27)(H2,24,28,29,30). The number of ether oxygens (including phenoxy) is 1. The zero-order chi connectivity index (χ0) is 21.9. The molecule has 0 aliphatic carbocycles. The van der Waals surface area contributed by atoms with Crippen molar-refractivity contribution in [3.8, 4) is 23.0 Å². The van der Waals surface area contributed by atoms with Crippen molar-refractivity contribution < 1.29 is 13.9 Å². The Morgan fingerprint density at radius 3 is 2.75 bits per heavy atom. The molecule has 0 aliphatic rings. The van der Waals surface area contributed by atoms with Crippen LogP contribution in [0.2, 0.25) is 0 Å². The molecule has 0 saturated carbocycles. The van der Waals surface area contributed by atoms with Gasteiger partial charge in [-0.3, -0.25) is 10.3 Å². The molecule has 0 aliphatic heterocycles. The maximum absolute atomic E-state index is 14.5. The van der Waals surface area contributed by atoms with Crippen molar-refractivity contribution in [1.29, 1.82) is 0 Å². The first kappa shape index (κ1) is 19.6. The van der Waals surface area contributed by atoms with Crippen LogP contribution in [-0.4, -0.2) is 31.0 Å². The SMILES string of the molecule is O=C(Nc1nccs1)Nc1ccc(Oc2ncnc3[nH]c(-c4ccccn4)cc23)cc1F. The average Bonchev–Trinajstić information content (AvgIpc) is 3.47. The number of benzene rings is 1. The molecule has 9 nitrogen and oxygen atoms in total. The molecule has 11 heteroatoms. The predicted octanol–water partition coefficient (Wildman–Crippen LogP) is 5.05. The van der Waals surface area contributed by atoms with Crippen LogP contribution in [0.5, 0.6) is 11.6 Å². The average molecular weight is 447 g/mol. The first-order valence-corrected chi connectivity index (χ1v) is 10.2. The number of thiazole rings is 1. The third-order valence-electron chi connectivity index (χ3n) is 4.39. The third-order valence-corrected chi connectivity index (χ3v) is 5.07. The van der Waals surface area contributed by atoms with Gasteiger partial charge in [0.25, 0.3) is 0 Å². The number of aromatic nitrogens is 5. The number of urea groups is 1. The molecule has 2 amide bonds. The maximum Gasteiger partial charge on any atom is 0.325 e. The first-order valence-electron chi connectivity index (χ1n) is 9.36. The van der Waals surface area contributed by atoms with Crippen LogP contribution < -0.4 is 15.4 Å². The number of fused-ring (bicyclic) bond motifs is 1. The van der Waals surface area contributed by atoms with Gasteiger partial charge in [-0.25, -0.2) is 24.1 Å². The third kappa shape index (κ3) is 4.09. The molecule has 0 bridgehead atoms. The van der Waals surface area contributed by atoms with E-state index in [0.29, 0.717) is 16.2 Å². The van der Waals surface area contributed by atoms with Crippen LogP contribution >= 0.6 is 11.3 Å². The van der Waals surface area contributed by atoms with E-state index in [0.717, 1.165) is 11.4 Å². The second-order valence-corrected chi connectivity index (χ2v) is 7.39. The number of nitrogens with zero attached hydrogens (tertiary/aromatic N) is 4. The highest BCUT2D eigenvalue weighted by Crippen LogP contribution is 2.31. The Hall–Kier alpha value is -4.38. The molecule has 32 heavy (non-hydrogen) atoms. The van der Waals surface area contributed by atoms with Gasteiger partial charge in [-0.15, -0.1) is 11.3 Å². The molecule has 0 saturated heterocycles. The summed E-state index contributed by atoms with van der Waals surface area (Å²) in [7, 11) is 0. The maximum atomic E-state index is 14.5. The summed E-state index contributed by atoms with van der Waals surface area (Å²) in [5.41, 5.74) is 2.06. The smallest absolute Gasteiger partial charge is 0.325 e. The van der Waals surface area contributed by atoms with Crippen molar-refractivity contribution in [2.75, 3.05) is 10.6 Å². The number of carbonyl (C=O) groups is 1. The number of hydrogen-bond donors (Lipinski definition) is 3. The molecule has 4 heterocycles. The minimum absolute atomic E-state index is 0.00155. The van der Waals surface area contributed by atoms with Crippen molar-refractivity contribution in [3.05, 3.63) is 72.4 Å². The molecule has 5 rings (SSSR count). The zero-order valence-electron chi connectivity index (χ0n) is 16.2. The van der Waals surface area contributed by atoms with Crippen LogP contribution in [0, 0.1) is 5.82 Å². The van der Waals surface area contributed by atoms with Gasteiger partial charge in [-0.05, 0) is 30.3 Å². The molecule has 0 radical (unpaired) electrons. The van der Waals surface area contributed by atoms with Gasteiger partial charge in [0.1, 0.15) is 23.5 Å². The molecular formula is C21H14FN7O2S. The fraction of sp³-hybridized carbons (Fsp3) is 0. The normalized spacial score (nSPS) is 10.8. The number of anilines is 2. The van der Waals surface area contributed by atoms with Crippen molar-refractivity contribution in [2.45, 2.75) is 0 Å². The highest BCUT2D eigenvalue weighted by Gasteiger charge is 2.14. The number of H-pyrrole nitrogens is 1. The van der Waals surface area contributed by atoms with Gasteiger partial charge in [0.15, 0.2) is 5.13 Å². The fourth-order valence-corrected chi connectivity index (χ4v) is 3.49. The van der Waals surface area contributed by atoms with E-state index in [-0.39, 0.29) is 17.3 Å². The lowest BCUT2D eigenvalue weighted by Gasteiger charge is -2.09. The Bertz CT molecular complexity index is 1390. The molecule has 0 atom stereocenters. The summed E-state index contributed by atoms with van der Waals surface area (Å²) < 4.78 is 20.3. The lowest BCUT2D eigenvalue weighted by Crippen LogP contribution is -2.19. The van der Waals surface area contributed by atoms with Crippen molar-refractivity contribution >= 4 is 39.2 Å². The highest BCUT2D eigenvalue weighted by molar-refractivity contribution is 7.13. The largest absolute Gasteiger partial charge is 0.438 e. The summed E-state index contributed by atoms with van der Waals surface area (Å²) in [4.78, 5) is 31.8. The molecule has 4 aromatic heterocycles. The van der Waals surface area contributed by atoms with E-state index in [9.17, 15) is 9.18 Å². The van der Waals surface area contributed by atoms with Crippen LogP contribution in [0.1, 0.15) is 0 Å². The van der Waals surface area contributed by atoms with E-state index >= 15 is 0 Å². The van der Waals surface area contributed by atoms with Crippen molar-refractivity contribution in [2.24, 2.45) is 0 Å². The van der Waals surface area contributed by atoms with Crippen LogP contribution in [0.4, 0.5) is 20.0 Å². The molecule has 3 N–H and O–H groups in total.